The highest BCUT2D eigenvalue weighted by atomic mass is 16.7. The van der Waals surface area contributed by atoms with E-state index in [0.717, 1.165) is 44.1 Å². The van der Waals surface area contributed by atoms with Crippen LogP contribution in [0.4, 0.5) is 0 Å². The lowest BCUT2D eigenvalue weighted by molar-refractivity contribution is -0.335. The summed E-state index contributed by atoms with van der Waals surface area (Å²) >= 11 is 0. The molecule has 0 radical (unpaired) electrons. The zero-order valence-electron chi connectivity index (χ0n) is 28.7. The van der Waals surface area contributed by atoms with E-state index < -0.39 is 49.0 Å². The summed E-state index contributed by atoms with van der Waals surface area (Å²) in [6.07, 6.45) is 1.84. The second kappa shape index (κ2) is 12.4. The fourth-order valence-corrected chi connectivity index (χ4v) is 11.8. The Morgan fingerprint density at radius 1 is 0.867 bits per heavy atom. The van der Waals surface area contributed by atoms with Gasteiger partial charge < -0.3 is 45.2 Å². The van der Waals surface area contributed by atoms with Crippen molar-refractivity contribution < 1.29 is 45.2 Å². The third-order valence-corrected chi connectivity index (χ3v) is 14.9. The van der Waals surface area contributed by atoms with E-state index in [0.29, 0.717) is 25.2 Å². The summed E-state index contributed by atoms with van der Waals surface area (Å²) in [6.45, 7) is 14.9. The Balaban J connectivity index is 1.48. The summed E-state index contributed by atoms with van der Waals surface area (Å²) in [5, 5.41) is 74.6. The van der Waals surface area contributed by atoms with Gasteiger partial charge in [0.05, 0.1) is 31.0 Å². The van der Waals surface area contributed by atoms with Crippen LogP contribution in [-0.4, -0.2) is 97.5 Å². The van der Waals surface area contributed by atoms with Crippen LogP contribution in [0.5, 0.6) is 0 Å². The molecule has 0 spiro atoms. The van der Waals surface area contributed by atoms with E-state index in [4.69, 9.17) is 9.47 Å². The first kappa shape index (κ1) is 35.7. The molecule has 0 bridgehead atoms. The van der Waals surface area contributed by atoms with Crippen LogP contribution >= 0.6 is 0 Å². The molecule has 45 heavy (non-hydrogen) atoms. The molecule has 0 amide bonds. The summed E-state index contributed by atoms with van der Waals surface area (Å²) in [5.41, 5.74) is -0.678. The van der Waals surface area contributed by atoms with Crippen molar-refractivity contribution in [2.45, 2.75) is 155 Å². The fraction of sp³-hybridized carbons (Fsp3) is 0.944. The zero-order chi connectivity index (χ0) is 33.3. The number of hydrogen-bond acceptors (Lipinski definition) is 9. The second-order valence-corrected chi connectivity index (χ2v) is 17.1. The Bertz CT molecular complexity index is 1090. The van der Waals surface area contributed by atoms with Crippen LogP contribution in [-0.2, 0) is 9.47 Å². The number of aliphatic hydroxyl groups is 7. The third kappa shape index (κ3) is 5.39. The molecule has 0 aromatic carbocycles. The molecule has 0 aromatic rings. The van der Waals surface area contributed by atoms with Gasteiger partial charge in [0.15, 0.2) is 6.29 Å². The van der Waals surface area contributed by atoms with Gasteiger partial charge >= 0.3 is 0 Å². The molecule has 9 nitrogen and oxygen atoms in total. The molecule has 1 aliphatic heterocycles. The Morgan fingerprint density at radius 3 is 2.20 bits per heavy atom. The third-order valence-electron chi connectivity index (χ3n) is 14.9. The van der Waals surface area contributed by atoms with Crippen LogP contribution < -0.4 is 0 Å². The summed E-state index contributed by atoms with van der Waals surface area (Å²) in [7, 11) is 0. The first-order valence-corrected chi connectivity index (χ1v) is 17.5. The van der Waals surface area contributed by atoms with E-state index in [1.165, 1.54) is 0 Å². The van der Waals surface area contributed by atoms with Gasteiger partial charge in [0.1, 0.15) is 24.4 Å². The molecule has 4 aliphatic carbocycles. The van der Waals surface area contributed by atoms with Crippen molar-refractivity contribution in [2.75, 3.05) is 13.2 Å². The highest BCUT2D eigenvalue weighted by Crippen LogP contribution is 2.76. The van der Waals surface area contributed by atoms with Gasteiger partial charge in [0, 0.05) is 5.41 Å². The van der Waals surface area contributed by atoms with Gasteiger partial charge in [-0.25, -0.2) is 0 Å². The highest BCUT2D eigenvalue weighted by molar-refractivity contribution is 5.21. The minimum absolute atomic E-state index is 0.0194. The standard InChI is InChI=1S/C36H62O9/c1-20(18-37)9-8-14-35(6,45-31-30(43)29(42)28(41)23(19-38)44-31)22-12-16-34(5)21(22)10-11-24-33(4)15-13-26(39)32(2,3)25(33)17-27(40)36(24,34)7/h9,21-31,37-43H,8,10-19H2,1-7H3/b20-9-/t21-,22+,23-,24-,25-,26+,27+,28-,29+,30-,31+,33-,34-,35+,36+/m1/s1. The predicted molar refractivity (Wildman–Crippen MR) is 170 cm³/mol. The molecule has 1 heterocycles. The summed E-state index contributed by atoms with van der Waals surface area (Å²) in [6, 6.07) is 0. The van der Waals surface area contributed by atoms with E-state index in [2.05, 4.69) is 41.5 Å². The molecular weight excluding hydrogens is 576 g/mol. The molecule has 5 aliphatic rings. The SMILES string of the molecule is C/C(=C/CC[C@](C)(O[C@@H]1O[C@H](CO)[C@@H](O)[C@H](O)[C@H]1O)[C@H]1CC[C@]2(C)[C@@H]1CC[C@@H]1[C@@]3(C)CC[C@H](O)C(C)(C)[C@H]3C[C@H](O)[C@]12C)CO. The average Bonchev–Trinajstić information content (AvgIpc) is 3.36. The Kier molecular flexibility index (Phi) is 9.80. The van der Waals surface area contributed by atoms with E-state index in [9.17, 15) is 35.7 Å². The van der Waals surface area contributed by atoms with Gasteiger partial charge in [-0.3, -0.25) is 0 Å². The van der Waals surface area contributed by atoms with Crippen LogP contribution in [0, 0.1) is 45.3 Å². The normalized spacial score (nSPS) is 51.2. The van der Waals surface area contributed by atoms with Crippen LogP contribution in [0.1, 0.15) is 106 Å². The van der Waals surface area contributed by atoms with Crippen molar-refractivity contribution in [3.63, 3.8) is 0 Å². The minimum Gasteiger partial charge on any atom is -0.394 e. The van der Waals surface area contributed by atoms with Crippen LogP contribution in [0.25, 0.3) is 0 Å². The maximum atomic E-state index is 12.2. The molecule has 5 rings (SSSR count). The Hall–Kier alpha value is -0.620. The molecule has 0 unspecified atom stereocenters. The lowest BCUT2D eigenvalue weighted by Crippen LogP contribution is -2.68. The van der Waals surface area contributed by atoms with Gasteiger partial charge in [0.25, 0.3) is 0 Å². The smallest absolute Gasteiger partial charge is 0.187 e. The topological polar surface area (TPSA) is 160 Å². The molecule has 0 aromatic heterocycles. The monoisotopic (exact) mass is 638 g/mol. The van der Waals surface area contributed by atoms with Crippen molar-refractivity contribution in [1.29, 1.82) is 0 Å². The van der Waals surface area contributed by atoms with Crippen molar-refractivity contribution in [3.8, 4) is 0 Å². The molecular formula is C36H62O9. The number of rotatable bonds is 8. The molecule has 260 valence electrons. The van der Waals surface area contributed by atoms with E-state index in [1.54, 1.807) is 0 Å². The van der Waals surface area contributed by atoms with Crippen molar-refractivity contribution in [2.24, 2.45) is 45.3 Å². The fourth-order valence-electron chi connectivity index (χ4n) is 11.8. The first-order chi connectivity index (χ1) is 20.9. The predicted octanol–water partition coefficient (Wildman–Crippen LogP) is 3.30. The lowest BCUT2D eigenvalue weighted by atomic mass is 9.34. The van der Waals surface area contributed by atoms with Gasteiger partial charge in [-0.2, -0.15) is 0 Å². The Labute approximate surface area is 270 Å². The van der Waals surface area contributed by atoms with E-state index in [-0.39, 0.29) is 52.1 Å². The molecule has 4 saturated carbocycles. The van der Waals surface area contributed by atoms with Crippen molar-refractivity contribution >= 4 is 0 Å². The van der Waals surface area contributed by atoms with E-state index in [1.807, 2.05) is 13.0 Å². The number of allylic oxidation sites excluding steroid dienone is 1. The number of hydrogen-bond donors (Lipinski definition) is 7. The Morgan fingerprint density at radius 2 is 1.56 bits per heavy atom. The van der Waals surface area contributed by atoms with Crippen molar-refractivity contribution in [3.05, 3.63) is 11.6 Å². The summed E-state index contributed by atoms with van der Waals surface area (Å²) in [4.78, 5) is 0. The first-order valence-electron chi connectivity index (χ1n) is 17.5. The van der Waals surface area contributed by atoms with Gasteiger partial charge in [0.2, 0.25) is 0 Å². The highest BCUT2D eigenvalue weighted by Gasteiger charge is 2.72. The quantitative estimate of drug-likeness (QED) is 0.198. The second-order valence-electron chi connectivity index (χ2n) is 17.1. The lowest BCUT2D eigenvalue weighted by Gasteiger charge is -2.71. The number of fused-ring (bicyclic) bond motifs is 5. The molecule has 9 heteroatoms. The maximum absolute atomic E-state index is 12.2. The molecule has 5 fully saturated rings. The zero-order valence-corrected chi connectivity index (χ0v) is 28.7. The average molecular weight is 639 g/mol. The van der Waals surface area contributed by atoms with Gasteiger partial charge in [-0.05, 0) is 112 Å². The van der Waals surface area contributed by atoms with Gasteiger partial charge in [-0.1, -0.05) is 46.3 Å². The minimum atomic E-state index is -1.52. The van der Waals surface area contributed by atoms with Crippen LogP contribution in [0.15, 0.2) is 11.6 Å². The molecule has 15 atom stereocenters. The number of ether oxygens (including phenoxy) is 2. The molecule has 7 N–H and O–H groups in total. The number of aliphatic hydroxyl groups excluding tert-OH is 7. The van der Waals surface area contributed by atoms with E-state index >= 15 is 0 Å². The summed E-state index contributed by atoms with van der Waals surface area (Å²) in [5.74, 6) is 0.852. The van der Waals surface area contributed by atoms with Gasteiger partial charge in [-0.15, -0.1) is 0 Å². The van der Waals surface area contributed by atoms with Crippen LogP contribution in [0.2, 0.25) is 0 Å². The largest absolute Gasteiger partial charge is 0.394 e. The van der Waals surface area contributed by atoms with Crippen LogP contribution in [0.3, 0.4) is 0 Å². The maximum Gasteiger partial charge on any atom is 0.187 e. The van der Waals surface area contributed by atoms with Crippen molar-refractivity contribution in [1.82, 2.24) is 0 Å². The summed E-state index contributed by atoms with van der Waals surface area (Å²) < 4.78 is 12.6. The molecule has 1 saturated heterocycles.